The average molecular weight is 323 g/mol. The number of amides is 3. The molecule has 0 fully saturated rings. The lowest BCUT2D eigenvalue weighted by molar-refractivity contribution is -0.119. The zero-order valence-corrected chi connectivity index (χ0v) is 13.4. The molecule has 0 aliphatic rings. The maximum atomic E-state index is 11.5. The van der Waals surface area contributed by atoms with Crippen LogP contribution in [0.1, 0.15) is 12.2 Å². The van der Waals surface area contributed by atoms with E-state index in [4.69, 9.17) is 4.42 Å². The van der Waals surface area contributed by atoms with Crippen LogP contribution in [-0.4, -0.2) is 39.5 Å². The second kappa shape index (κ2) is 7.12. The van der Waals surface area contributed by atoms with E-state index in [1.165, 1.54) is 18.8 Å². The Hall–Kier alpha value is -2.29. The lowest BCUT2D eigenvalue weighted by Crippen LogP contribution is -2.37. The third kappa shape index (κ3) is 3.67. The molecule has 3 amide bonds. The van der Waals surface area contributed by atoms with E-state index >= 15 is 0 Å². The van der Waals surface area contributed by atoms with Crippen LogP contribution in [0.4, 0.5) is 4.79 Å². The van der Waals surface area contributed by atoms with E-state index in [0.29, 0.717) is 16.7 Å². The first-order valence-corrected chi connectivity index (χ1v) is 7.59. The Morgan fingerprint density at radius 2 is 2.18 bits per heavy atom. The van der Waals surface area contributed by atoms with E-state index in [1.54, 1.807) is 6.26 Å². The van der Waals surface area contributed by atoms with E-state index in [0.717, 1.165) is 11.3 Å². The van der Waals surface area contributed by atoms with Crippen molar-refractivity contribution >= 4 is 23.7 Å². The second-order valence-electron chi connectivity index (χ2n) is 4.48. The van der Waals surface area contributed by atoms with Crippen LogP contribution in [0.3, 0.4) is 0 Å². The number of carbonyl (C=O) groups is 2. The Morgan fingerprint density at radius 3 is 2.82 bits per heavy atom. The van der Waals surface area contributed by atoms with Crippen molar-refractivity contribution in [2.24, 2.45) is 7.05 Å². The number of rotatable bonds is 5. The molecule has 0 radical (unpaired) electrons. The van der Waals surface area contributed by atoms with Gasteiger partial charge in [-0.05, 0) is 13.0 Å². The molecule has 2 heterocycles. The van der Waals surface area contributed by atoms with Crippen molar-refractivity contribution in [2.45, 2.75) is 18.5 Å². The molecule has 22 heavy (non-hydrogen) atoms. The number of carbonyl (C=O) groups excluding carboxylic acids is 2. The van der Waals surface area contributed by atoms with Crippen molar-refractivity contribution in [3.05, 3.63) is 18.1 Å². The van der Waals surface area contributed by atoms with Gasteiger partial charge in [-0.1, -0.05) is 11.8 Å². The highest BCUT2D eigenvalue weighted by Gasteiger charge is 2.15. The number of hydrogen-bond acceptors (Lipinski definition) is 6. The molecule has 118 valence electrons. The van der Waals surface area contributed by atoms with Crippen LogP contribution in [0, 0.1) is 6.92 Å². The Labute approximate surface area is 131 Å². The number of furan rings is 1. The molecule has 2 N–H and O–H groups in total. The van der Waals surface area contributed by atoms with Gasteiger partial charge in [-0.15, -0.1) is 10.2 Å². The predicted octanol–water partition coefficient (Wildman–Crippen LogP) is 1.32. The zero-order valence-electron chi connectivity index (χ0n) is 12.5. The zero-order chi connectivity index (χ0) is 16.1. The highest BCUT2D eigenvalue weighted by Crippen LogP contribution is 2.25. The molecule has 2 aromatic heterocycles. The van der Waals surface area contributed by atoms with Crippen LogP contribution < -0.4 is 10.6 Å². The van der Waals surface area contributed by atoms with Crippen molar-refractivity contribution in [1.82, 2.24) is 25.4 Å². The summed E-state index contributed by atoms with van der Waals surface area (Å²) in [4.78, 5) is 22.5. The first-order valence-electron chi connectivity index (χ1n) is 6.61. The molecule has 2 rings (SSSR count). The summed E-state index contributed by atoms with van der Waals surface area (Å²) in [6.07, 6.45) is 1.82. The molecule has 0 aliphatic carbocycles. The lowest BCUT2D eigenvalue weighted by Gasteiger charge is -2.04. The van der Waals surface area contributed by atoms with Gasteiger partial charge in [0.25, 0.3) is 0 Å². The fourth-order valence-electron chi connectivity index (χ4n) is 1.78. The summed E-state index contributed by atoms with van der Waals surface area (Å²) >= 11 is 1.40. The van der Waals surface area contributed by atoms with Gasteiger partial charge in [0.15, 0.2) is 11.0 Å². The van der Waals surface area contributed by atoms with Gasteiger partial charge >= 0.3 is 6.03 Å². The molecule has 0 bridgehead atoms. The van der Waals surface area contributed by atoms with E-state index < -0.39 is 6.03 Å². The Morgan fingerprint density at radius 1 is 1.41 bits per heavy atom. The summed E-state index contributed by atoms with van der Waals surface area (Å²) in [5.41, 5.74) is 0.888. The third-order valence-corrected chi connectivity index (χ3v) is 4.00. The fourth-order valence-corrected chi connectivity index (χ4v) is 2.63. The Bertz CT molecular complexity index is 679. The van der Waals surface area contributed by atoms with Gasteiger partial charge < -0.3 is 14.3 Å². The van der Waals surface area contributed by atoms with Crippen molar-refractivity contribution in [3.63, 3.8) is 0 Å². The number of nitrogens with zero attached hydrogens (tertiary/aromatic N) is 3. The molecule has 0 atom stereocenters. The van der Waals surface area contributed by atoms with Crippen LogP contribution in [0.15, 0.2) is 21.9 Å². The minimum absolute atomic E-state index is 0.213. The van der Waals surface area contributed by atoms with Crippen LogP contribution in [0.5, 0.6) is 0 Å². The first kappa shape index (κ1) is 16.1. The Kier molecular flexibility index (Phi) is 5.21. The molecule has 8 nitrogen and oxygen atoms in total. The molecule has 0 saturated carbocycles. The standard InChI is InChI=1S/C13H17N5O3S/c1-8-9(4-6-21-8)11-16-17-13(18(11)3)22-7-5-10(19)15-12(20)14-2/h4,6H,5,7H2,1-3H3,(H2,14,15,19,20). The summed E-state index contributed by atoms with van der Waals surface area (Å²) < 4.78 is 7.11. The van der Waals surface area contributed by atoms with Crippen LogP contribution in [0.25, 0.3) is 11.4 Å². The number of urea groups is 1. The SMILES string of the molecule is CNC(=O)NC(=O)CCSc1nnc(-c2ccoc2C)n1C. The summed E-state index contributed by atoms with van der Waals surface area (Å²) in [5.74, 6) is 1.65. The minimum atomic E-state index is -0.508. The summed E-state index contributed by atoms with van der Waals surface area (Å²) in [6, 6.07) is 1.33. The average Bonchev–Trinajstić information content (AvgIpc) is 3.05. The highest BCUT2D eigenvalue weighted by atomic mass is 32.2. The molecule has 0 aromatic carbocycles. The van der Waals surface area contributed by atoms with Crippen molar-refractivity contribution in [3.8, 4) is 11.4 Å². The predicted molar refractivity (Wildman–Crippen MR) is 81.4 cm³/mol. The van der Waals surface area contributed by atoms with Gasteiger partial charge in [-0.3, -0.25) is 10.1 Å². The van der Waals surface area contributed by atoms with Crippen LogP contribution >= 0.6 is 11.8 Å². The molecule has 9 heteroatoms. The van der Waals surface area contributed by atoms with Gasteiger partial charge in [0.2, 0.25) is 5.91 Å². The number of aromatic nitrogens is 3. The smallest absolute Gasteiger partial charge is 0.321 e. The quantitative estimate of drug-likeness (QED) is 0.805. The molecular formula is C13H17N5O3S. The maximum absolute atomic E-state index is 11.5. The number of imide groups is 1. The van der Waals surface area contributed by atoms with Crippen molar-refractivity contribution in [2.75, 3.05) is 12.8 Å². The van der Waals surface area contributed by atoms with E-state index in [1.807, 2.05) is 24.6 Å². The van der Waals surface area contributed by atoms with E-state index in [-0.39, 0.29) is 12.3 Å². The summed E-state index contributed by atoms with van der Waals surface area (Å²) in [7, 11) is 3.31. The van der Waals surface area contributed by atoms with Gasteiger partial charge in [0, 0.05) is 26.3 Å². The third-order valence-electron chi connectivity index (χ3n) is 2.97. The normalized spacial score (nSPS) is 10.5. The van der Waals surface area contributed by atoms with Gasteiger partial charge in [-0.25, -0.2) is 4.79 Å². The molecule has 0 aliphatic heterocycles. The van der Waals surface area contributed by atoms with E-state index in [9.17, 15) is 9.59 Å². The minimum Gasteiger partial charge on any atom is -0.469 e. The lowest BCUT2D eigenvalue weighted by atomic mass is 10.2. The molecular weight excluding hydrogens is 306 g/mol. The van der Waals surface area contributed by atoms with Gasteiger partial charge in [-0.2, -0.15) is 0 Å². The summed E-state index contributed by atoms with van der Waals surface area (Å²) in [5, 5.41) is 13.5. The van der Waals surface area contributed by atoms with Gasteiger partial charge in [0.1, 0.15) is 5.76 Å². The maximum Gasteiger partial charge on any atom is 0.321 e. The number of aryl methyl sites for hydroxylation is 1. The highest BCUT2D eigenvalue weighted by molar-refractivity contribution is 7.99. The number of nitrogens with one attached hydrogen (secondary N) is 2. The van der Waals surface area contributed by atoms with Crippen LogP contribution in [-0.2, 0) is 11.8 Å². The molecule has 2 aromatic rings. The topological polar surface area (TPSA) is 102 Å². The fraction of sp³-hybridized carbons (Fsp3) is 0.385. The van der Waals surface area contributed by atoms with Crippen molar-refractivity contribution < 1.29 is 14.0 Å². The van der Waals surface area contributed by atoms with Crippen molar-refractivity contribution in [1.29, 1.82) is 0 Å². The first-order chi connectivity index (χ1) is 10.5. The monoisotopic (exact) mass is 323 g/mol. The molecule has 0 unspecified atom stereocenters. The summed E-state index contributed by atoms with van der Waals surface area (Å²) in [6.45, 7) is 1.86. The van der Waals surface area contributed by atoms with E-state index in [2.05, 4.69) is 20.8 Å². The van der Waals surface area contributed by atoms with Gasteiger partial charge in [0.05, 0.1) is 11.8 Å². The van der Waals surface area contributed by atoms with Crippen LogP contribution in [0.2, 0.25) is 0 Å². The largest absolute Gasteiger partial charge is 0.469 e. The molecule has 0 spiro atoms. The molecule has 0 saturated heterocycles. The number of hydrogen-bond donors (Lipinski definition) is 2. The second-order valence-corrected chi connectivity index (χ2v) is 5.54. The Balaban J connectivity index is 1.92. The number of thioether (sulfide) groups is 1.